The number of aromatic amines is 1. The second kappa shape index (κ2) is 10.1. The summed E-state index contributed by atoms with van der Waals surface area (Å²) in [6.07, 6.45) is 4.92. The average molecular weight is 455 g/mol. The van der Waals surface area contributed by atoms with Crippen molar-refractivity contribution < 1.29 is 4.74 Å². The number of hydrogen-bond acceptors (Lipinski definition) is 5. The first-order valence-corrected chi connectivity index (χ1v) is 12.1. The molecule has 1 saturated heterocycles. The zero-order valence-corrected chi connectivity index (χ0v) is 19.4. The number of piperidine rings is 1. The van der Waals surface area contributed by atoms with Crippen molar-refractivity contribution in [1.82, 2.24) is 15.3 Å². The summed E-state index contributed by atoms with van der Waals surface area (Å²) in [6.45, 7) is 4.86. The van der Waals surface area contributed by atoms with Crippen molar-refractivity contribution in [3.05, 3.63) is 82.8 Å². The molecule has 0 spiro atoms. The summed E-state index contributed by atoms with van der Waals surface area (Å²) in [5.41, 5.74) is 3.77. The van der Waals surface area contributed by atoms with Crippen LogP contribution in [-0.2, 0) is 0 Å². The lowest BCUT2D eigenvalue weighted by atomic mass is 9.90. The minimum atomic E-state index is -0.166. The van der Waals surface area contributed by atoms with Gasteiger partial charge in [0, 0.05) is 17.4 Å². The van der Waals surface area contributed by atoms with Crippen LogP contribution in [0.4, 0.5) is 11.5 Å². The molecule has 34 heavy (non-hydrogen) atoms. The first-order valence-electron chi connectivity index (χ1n) is 12.1. The van der Waals surface area contributed by atoms with Crippen molar-refractivity contribution in [1.29, 1.82) is 0 Å². The average Bonchev–Trinajstić information content (AvgIpc) is 2.88. The number of para-hydroxylation sites is 1. The Bertz CT molecular complexity index is 1320. The Kier molecular flexibility index (Phi) is 6.58. The maximum atomic E-state index is 12.7. The number of fused-ring (bicyclic) bond motifs is 1. The Morgan fingerprint density at radius 2 is 1.85 bits per heavy atom. The highest BCUT2D eigenvalue weighted by atomic mass is 16.5. The van der Waals surface area contributed by atoms with E-state index in [0.717, 1.165) is 60.4 Å². The summed E-state index contributed by atoms with van der Waals surface area (Å²) < 4.78 is 5.97. The minimum Gasteiger partial charge on any atom is -0.493 e. The van der Waals surface area contributed by atoms with Crippen LogP contribution in [0.2, 0.25) is 0 Å². The summed E-state index contributed by atoms with van der Waals surface area (Å²) >= 11 is 0. The van der Waals surface area contributed by atoms with Gasteiger partial charge in [-0.05, 0) is 85.6 Å². The third kappa shape index (κ3) is 4.68. The molecule has 0 saturated carbocycles. The van der Waals surface area contributed by atoms with E-state index >= 15 is 0 Å². The van der Waals surface area contributed by atoms with Gasteiger partial charge < -0.3 is 20.4 Å². The lowest BCUT2D eigenvalue weighted by molar-refractivity contribution is 0.318. The summed E-state index contributed by atoms with van der Waals surface area (Å²) in [7, 11) is 0. The van der Waals surface area contributed by atoms with E-state index in [9.17, 15) is 4.79 Å². The van der Waals surface area contributed by atoms with E-state index in [-0.39, 0.29) is 5.56 Å². The van der Waals surface area contributed by atoms with Gasteiger partial charge in [0.1, 0.15) is 11.6 Å². The molecule has 1 fully saturated rings. The zero-order chi connectivity index (χ0) is 23.3. The highest BCUT2D eigenvalue weighted by molar-refractivity contribution is 5.95. The summed E-state index contributed by atoms with van der Waals surface area (Å²) in [5.74, 6) is 1.92. The summed E-state index contributed by atoms with van der Waals surface area (Å²) in [6, 6.07) is 20.3. The fourth-order valence-corrected chi connectivity index (χ4v) is 4.59. The van der Waals surface area contributed by atoms with Gasteiger partial charge in [-0.25, -0.2) is 4.98 Å². The largest absolute Gasteiger partial charge is 0.493 e. The van der Waals surface area contributed by atoms with Crippen LogP contribution in [0.1, 0.15) is 37.7 Å². The number of benzene rings is 2. The van der Waals surface area contributed by atoms with Crippen molar-refractivity contribution >= 4 is 22.3 Å². The highest BCUT2D eigenvalue weighted by Crippen LogP contribution is 2.33. The lowest BCUT2D eigenvalue weighted by Crippen LogP contribution is -2.26. The highest BCUT2D eigenvalue weighted by Gasteiger charge is 2.16. The number of anilines is 2. The predicted molar refractivity (Wildman–Crippen MR) is 138 cm³/mol. The van der Waals surface area contributed by atoms with Gasteiger partial charge >= 0.3 is 0 Å². The quantitative estimate of drug-likeness (QED) is 0.339. The maximum absolute atomic E-state index is 12.7. The molecule has 1 aliphatic rings. The molecule has 0 aliphatic carbocycles. The van der Waals surface area contributed by atoms with Crippen molar-refractivity contribution in [2.75, 3.05) is 25.0 Å². The van der Waals surface area contributed by atoms with Gasteiger partial charge in [-0.15, -0.1) is 0 Å². The van der Waals surface area contributed by atoms with Gasteiger partial charge in [-0.2, -0.15) is 0 Å². The van der Waals surface area contributed by atoms with Gasteiger partial charge in [0.05, 0.1) is 17.7 Å². The van der Waals surface area contributed by atoms with Crippen LogP contribution in [0, 0.1) is 0 Å². The van der Waals surface area contributed by atoms with E-state index in [1.165, 1.54) is 5.56 Å². The molecule has 6 nitrogen and oxygen atoms in total. The second-order valence-electron chi connectivity index (χ2n) is 8.74. The van der Waals surface area contributed by atoms with Crippen LogP contribution in [0.15, 0.2) is 71.7 Å². The number of rotatable bonds is 7. The van der Waals surface area contributed by atoms with Crippen molar-refractivity contribution in [3.8, 4) is 17.0 Å². The van der Waals surface area contributed by atoms with Crippen LogP contribution >= 0.6 is 0 Å². The number of aromatic nitrogens is 2. The molecule has 0 atom stereocenters. The number of H-pyrrole nitrogens is 1. The molecule has 174 valence electrons. The zero-order valence-electron chi connectivity index (χ0n) is 19.4. The Morgan fingerprint density at radius 1 is 1.06 bits per heavy atom. The minimum absolute atomic E-state index is 0.166. The third-order valence-corrected chi connectivity index (χ3v) is 6.36. The Labute approximate surface area is 199 Å². The first-order chi connectivity index (χ1) is 16.7. The third-order valence-electron chi connectivity index (χ3n) is 6.36. The Hall–Kier alpha value is -3.64. The number of hydrogen-bond donors (Lipinski definition) is 3. The molecule has 6 heteroatoms. The maximum Gasteiger partial charge on any atom is 0.259 e. The monoisotopic (exact) mass is 454 g/mol. The molecule has 0 radical (unpaired) electrons. The molecule has 2 aromatic heterocycles. The summed E-state index contributed by atoms with van der Waals surface area (Å²) in [4.78, 5) is 20.4. The van der Waals surface area contributed by atoms with E-state index in [1.807, 2.05) is 36.4 Å². The molecule has 1 aliphatic heterocycles. The van der Waals surface area contributed by atoms with E-state index in [2.05, 4.69) is 46.8 Å². The van der Waals surface area contributed by atoms with Crippen LogP contribution in [0.3, 0.4) is 0 Å². The topological polar surface area (TPSA) is 79.0 Å². The first kappa shape index (κ1) is 22.2. The van der Waals surface area contributed by atoms with E-state index in [1.54, 1.807) is 6.20 Å². The normalized spacial score (nSPS) is 14.3. The molecule has 3 N–H and O–H groups in total. The Balaban J connectivity index is 1.52. The fourth-order valence-electron chi connectivity index (χ4n) is 4.59. The van der Waals surface area contributed by atoms with Crippen molar-refractivity contribution in [2.45, 2.75) is 32.1 Å². The molecule has 4 aromatic rings. The molecule has 0 unspecified atom stereocenters. The van der Waals surface area contributed by atoms with Crippen LogP contribution in [0.5, 0.6) is 5.75 Å². The van der Waals surface area contributed by atoms with Gasteiger partial charge in [0.15, 0.2) is 0 Å². The predicted octanol–water partition coefficient (Wildman–Crippen LogP) is 5.59. The SMILES string of the molecule is CCCOc1ccccc1-c1cc2cc[nH]c(=O)c2c(Nc2ccc(C3CCNCC3)cc2)n1. The van der Waals surface area contributed by atoms with Gasteiger partial charge in [0.25, 0.3) is 5.56 Å². The molecular weight excluding hydrogens is 424 g/mol. The smallest absolute Gasteiger partial charge is 0.259 e. The summed E-state index contributed by atoms with van der Waals surface area (Å²) in [5, 5.41) is 8.20. The van der Waals surface area contributed by atoms with Crippen LogP contribution in [0.25, 0.3) is 22.0 Å². The Morgan fingerprint density at radius 3 is 2.65 bits per heavy atom. The lowest BCUT2D eigenvalue weighted by Gasteiger charge is -2.23. The number of pyridine rings is 2. The van der Waals surface area contributed by atoms with Crippen LogP contribution < -0.4 is 20.9 Å². The number of nitrogens with zero attached hydrogens (tertiary/aromatic N) is 1. The molecule has 0 amide bonds. The van der Waals surface area contributed by atoms with Crippen LogP contribution in [-0.4, -0.2) is 29.7 Å². The van der Waals surface area contributed by atoms with Gasteiger partial charge in [-0.1, -0.05) is 31.2 Å². The van der Waals surface area contributed by atoms with E-state index < -0.39 is 0 Å². The molecule has 0 bridgehead atoms. The van der Waals surface area contributed by atoms with E-state index in [0.29, 0.717) is 23.7 Å². The number of nitrogens with one attached hydrogen (secondary N) is 3. The molecular formula is C28H30N4O2. The number of ether oxygens (including phenoxy) is 1. The van der Waals surface area contributed by atoms with Crippen molar-refractivity contribution in [2.24, 2.45) is 0 Å². The fraction of sp³-hybridized carbons (Fsp3) is 0.286. The van der Waals surface area contributed by atoms with Gasteiger partial charge in [-0.3, -0.25) is 4.79 Å². The molecule has 2 aromatic carbocycles. The van der Waals surface area contributed by atoms with Crippen molar-refractivity contribution in [3.63, 3.8) is 0 Å². The standard InChI is InChI=1S/C28H30N4O2/c1-2-17-34-25-6-4-3-5-23(25)24-18-21-13-16-30-28(33)26(21)27(32-24)31-22-9-7-19(8-10-22)20-11-14-29-15-12-20/h3-10,13,16,18,20,29H,2,11-12,14-15,17H2,1H3,(H,30,33)(H,31,32). The van der Waals surface area contributed by atoms with Gasteiger partial charge in [0.2, 0.25) is 0 Å². The molecule has 5 rings (SSSR count). The molecule has 3 heterocycles. The van der Waals surface area contributed by atoms with E-state index in [4.69, 9.17) is 9.72 Å². The second-order valence-corrected chi connectivity index (χ2v) is 8.74.